The molecule has 3 rings (SSSR count). The summed E-state index contributed by atoms with van der Waals surface area (Å²) in [5.74, 6) is 1.24. The van der Waals surface area contributed by atoms with Crippen molar-refractivity contribution < 1.29 is 0 Å². The molecule has 1 saturated carbocycles. The van der Waals surface area contributed by atoms with Gasteiger partial charge < -0.3 is 5.73 Å². The summed E-state index contributed by atoms with van der Waals surface area (Å²) < 4.78 is 0. The summed E-state index contributed by atoms with van der Waals surface area (Å²) in [6.45, 7) is 0. The highest BCUT2D eigenvalue weighted by Crippen LogP contribution is 2.41. The smallest absolute Gasteiger partial charge is 0.149 e. The van der Waals surface area contributed by atoms with E-state index < -0.39 is 0 Å². The van der Waals surface area contributed by atoms with Gasteiger partial charge in [0.05, 0.1) is 0 Å². The maximum absolute atomic E-state index is 5.82. The molecule has 1 heterocycles. The molecule has 16 heavy (non-hydrogen) atoms. The van der Waals surface area contributed by atoms with Crippen molar-refractivity contribution in [3.8, 4) is 11.3 Å². The van der Waals surface area contributed by atoms with Crippen molar-refractivity contribution in [2.75, 3.05) is 5.73 Å². The van der Waals surface area contributed by atoms with Gasteiger partial charge in [0, 0.05) is 18.0 Å². The molecule has 1 fully saturated rings. The van der Waals surface area contributed by atoms with Crippen molar-refractivity contribution in [3.63, 3.8) is 0 Å². The monoisotopic (exact) mass is 211 g/mol. The van der Waals surface area contributed by atoms with E-state index in [0.29, 0.717) is 5.82 Å². The second kappa shape index (κ2) is 3.59. The van der Waals surface area contributed by atoms with Crippen LogP contribution in [-0.2, 0) is 0 Å². The van der Waals surface area contributed by atoms with Gasteiger partial charge in [0.2, 0.25) is 0 Å². The number of anilines is 1. The summed E-state index contributed by atoms with van der Waals surface area (Å²) in [4.78, 5) is 8.34. The van der Waals surface area contributed by atoms with Gasteiger partial charge in [-0.25, -0.2) is 4.98 Å². The largest absolute Gasteiger partial charge is 0.382 e. The molecule has 1 aliphatic rings. The third kappa shape index (κ3) is 1.65. The predicted octanol–water partition coefficient (Wildman–Crippen LogP) is 2.60. The van der Waals surface area contributed by atoms with Gasteiger partial charge in [0.1, 0.15) is 11.5 Å². The first-order valence-corrected chi connectivity index (χ1v) is 5.51. The van der Waals surface area contributed by atoms with Crippen LogP contribution in [0, 0.1) is 0 Å². The van der Waals surface area contributed by atoms with Crippen LogP contribution in [0.5, 0.6) is 0 Å². The Kier molecular flexibility index (Phi) is 2.10. The van der Waals surface area contributed by atoms with Crippen LogP contribution >= 0.6 is 0 Å². The summed E-state index contributed by atoms with van der Waals surface area (Å²) in [7, 11) is 0. The molecule has 0 bridgehead atoms. The van der Waals surface area contributed by atoms with E-state index in [1.54, 1.807) is 12.4 Å². The van der Waals surface area contributed by atoms with Crippen LogP contribution in [-0.4, -0.2) is 9.97 Å². The number of nitrogens with zero attached hydrogens (tertiary/aromatic N) is 2. The Labute approximate surface area is 94.4 Å². The Morgan fingerprint density at radius 1 is 1.12 bits per heavy atom. The van der Waals surface area contributed by atoms with Crippen LogP contribution in [0.1, 0.15) is 24.3 Å². The number of rotatable bonds is 2. The van der Waals surface area contributed by atoms with Crippen LogP contribution < -0.4 is 5.73 Å². The van der Waals surface area contributed by atoms with E-state index in [1.807, 2.05) is 6.07 Å². The van der Waals surface area contributed by atoms with Crippen molar-refractivity contribution >= 4 is 5.82 Å². The van der Waals surface area contributed by atoms with Gasteiger partial charge in [-0.15, -0.1) is 0 Å². The summed E-state index contributed by atoms with van der Waals surface area (Å²) in [6.07, 6.45) is 5.90. The van der Waals surface area contributed by atoms with E-state index in [1.165, 1.54) is 18.4 Å². The van der Waals surface area contributed by atoms with Crippen molar-refractivity contribution in [2.24, 2.45) is 0 Å². The Hall–Kier alpha value is -1.90. The standard InChI is InChI=1S/C13H13N3/c14-13-12(15-6-7-16-13)11-3-1-2-10(8-11)9-4-5-9/h1-3,6-9H,4-5H2,(H2,14,16). The van der Waals surface area contributed by atoms with E-state index in [4.69, 9.17) is 5.73 Å². The highest BCUT2D eigenvalue weighted by Gasteiger charge is 2.23. The lowest BCUT2D eigenvalue weighted by Gasteiger charge is -2.05. The van der Waals surface area contributed by atoms with Gasteiger partial charge in [0.25, 0.3) is 0 Å². The molecule has 2 N–H and O–H groups in total. The molecular weight excluding hydrogens is 198 g/mol. The van der Waals surface area contributed by atoms with Crippen LogP contribution in [0.25, 0.3) is 11.3 Å². The number of aromatic nitrogens is 2. The SMILES string of the molecule is Nc1nccnc1-c1cccc(C2CC2)c1. The number of nitrogen functional groups attached to an aromatic ring is 1. The zero-order chi connectivity index (χ0) is 11.0. The van der Waals surface area contributed by atoms with Crippen LogP contribution in [0.2, 0.25) is 0 Å². The molecule has 3 heteroatoms. The van der Waals surface area contributed by atoms with Crippen molar-refractivity contribution in [3.05, 3.63) is 42.2 Å². The molecule has 1 aromatic heterocycles. The van der Waals surface area contributed by atoms with Crippen molar-refractivity contribution in [1.29, 1.82) is 0 Å². The number of benzene rings is 1. The molecule has 0 amide bonds. The molecule has 0 saturated heterocycles. The van der Waals surface area contributed by atoms with Gasteiger partial charge in [-0.1, -0.05) is 18.2 Å². The first-order valence-electron chi connectivity index (χ1n) is 5.51. The molecule has 3 nitrogen and oxygen atoms in total. The first kappa shape index (κ1) is 9.33. The molecule has 0 spiro atoms. The number of nitrogens with two attached hydrogens (primary N) is 1. The summed E-state index contributed by atoms with van der Waals surface area (Å²) in [6, 6.07) is 8.45. The lowest BCUT2D eigenvalue weighted by Crippen LogP contribution is -1.96. The molecule has 0 radical (unpaired) electrons. The molecule has 0 atom stereocenters. The van der Waals surface area contributed by atoms with E-state index in [-0.39, 0.29) is 0 Å². The maximum atomic E-state index is 5.82. The summed E-state index contributed by atoms with van der Waals surface area (Å²) in [5, 5.41) is 0. The molecular formula is C13H13N3. The summed E-state index contributed by atoms with van der Waals surface area (Å²) in [5.41, 5.74) is 9.06. The summed E-state index contributed by atoms with van der Waals surface area (Å²) >= 11 is 0. The van der Waals surface area contributed by atoms with Crippen LogP contribution in [0.15, 0.2) is 36.7 Å². The van der Waals surface area contributed by atoms with Crippen molar-refractivity contribution in [2.45, 2.75) is 18.8 Å². The fourth-order valence-electron chi connectivity index (χ4n) is 1.93. The first-order chi connectivity index (χ1) is 7.84. The van der Waals surface area contributed by atoms with E-state index >= 15 is 0 Å². The predicted molar refractivity (Wildman–Crippen MR) is 63.9 cm³/mol. The third-order valence-electron chi connectivity index (χ3n) is 2.94. The Balaban J connectivity index is 2.05. The fraction of sp³-hybridized carbons (Fsp3) is 0.231. The van der Waals surface area contributed by atoms with Gasteiger partial charge >= 0.3 is 0 Å². The zero-order valence-corrected chi connectivity index (χ0v) is 8.93. The molecule has 0 unspecified atom stereocenters. The Morgan fingerprint density at radius 3 is 2.69 bits per heavy atom. The lowest BCUT2D eigenvalue weighted by molar-refractivity contribution is 1.13. The molecule has 80 valence electrons. The van der Waals surface area contributed by atoms with E-state index in [0.717, 1.165) is 17.2 Å². The van der Waals surface area contributed by atoms with Gasteiger partial charge in [-0.3, -0.25) is 4.98 Å². The molecule has 1 aromatic carbocycles. The minimum Gasteiger partial charge on any atom is -0.382 e. The third-order valence-corrected chi connectivity index (χ3v) is 2.94. The number of hydrogen-bond donors (Lipinski definition) is 1. The number of hydrogen-bond acceptors (Lipinski definition) is 3. The Morgan fingerprint density at radius 2 is 1.94 bits per heavy atom. The lowest BCUT2D eigenvalue weighted by atomic mass is 10.0. The molecule has 2 aromatic rings. The second-order valence-electron chi connectivity index (χ2n) is 4.19. The van der Waals surface area contributed by atoms with Gasteiger partial charge in [0.15, 0.2) is 0 Å². The fourth-order valence-corrected chi connectivity index (χ4v) is 1.93. The van der Waals surface area contributed by atoms with Crippen molar-refractivity contribution in [1.82, 2.24) is 9.97 Å². The second-order valence-corrected chi connectivity index (χ2v) is 4.19. The molecule has 0 aliphatic heterocycles. The van der Waals surface area contributed by atoms with Gasteiger partial charge in [-0.05, 0) is 30.4 Å². The molecule has 1 aliphatic carbocycles. The average molecular weight is 211 g/mol. The minimum absolute atomic E-state index is 0.496. The topological polar surface area (TPSA) is 51.8 Å². The van der Waals surface area contributed by atoms with Gasteiger partial charge in [-0.2, -0.15) is 0 Å². The highest BCUT2D eigenvalue weighted by atomic mass is 14.9. The quantitative estimate of drug-likeness (QED) is 0.830. The van der Waals surface area contributed by atoms with E-state index in [9.17, 15) is 0 Å². The minimum atomic E-state index is 0.496. The maximum Gasteiger partial charge on any atom is 0.149 e. The normalized spacial score (nSPS) is 15.0. The highest BCUT2D eigenvalue weighted by molar-refractivity contribution is 5.70. The van der Waals surface area contributed by atoms with Crippen LogP contribution in [0.3, 0.4) is 0 Å². The van der Waals surface area contributed by atoms with Crippen LogP contribution in [0.4, 0.5) is 5.82 Å². The average Bonchev–Trinajstić information content (AvgIpc) is 3.14. The Bertz CT molecular complexity index is 518. The van der Waals surface area contributed by atoms with E-state index in [2.05, 4.69) is 28.2 Å². The zero-order valence-electron chi connectivity index (χ0n) is 8.93.